The lowest BCUT2D eigenvalue weighted by atomic mass is 9.88. The van der Waals surface area contributed by atoms with Gasteiger partial charge in [-0.3, -0.25) is 4.90 Å². The Balaban J connectivity index is 1.39. The number of aromatic amines is 1. The third-order valence-corrected chi connectivity index (χ3v) is 7.81. The van der Waals surface area contributed by atoms with Crippen molar-refractivity contribution < 1.29 is 9.53 Å². The monoisotopic (exact) mass is 525 g/mol. The molecule has 1 aliphatic carbocycles. The van der Waals surface area contributed by atoms with Crippen molar-refractivity contribution in [3.05, 3.63) is 88.3 Å². The molecule has 0 radical (unpaired) electrons. The van der Waals surface area contributed by atoms with Gasteiger partial charge in [0.1, 0.15) is 11.4 Å². The molecular weight excluding hydrogens is 494 g/mol. The summed E-state index contributed by atoms with van der Waals surface area (Å²) in [7, 11) is 0. The number of H-pyrrole nitrogens is 1. The molecule has 6 heteroatoms. The number of benzene rings is 3. The lowest BCUT2D eigenvalue weighted by Gasteiger charge is -2.27. The number of aryl methyl sites for hydroxylation is 1. The van der Waals surface area contributed by atoms with E-state index in [2.05, 4.69) is 66.5 Å². The van der Waals surface area contributed by atoms with Crippen LogP contribution >= 0.6 is 11.6 Å². The van der Waals surface area contributed by atoms with Crippen molar-refractivity contribution in [2.75, 3.05) is 6.54 Å². The van der Waals surface area contributed by atoms with Crippen LogP contribution in [0.3, 0.4) is 0 Å². The fraction of sp³-hybridized carbons (Fsp3) is 0.312. The van der Waals surface area contributed by atoms with Crippen LogP contribution in [0.2, 0.25) is 5.02 Å². The second kappa shape index (κ2) is 9.32. The molecule has 5 nitrogen and oxygen atoms in total. The van der Waals surface area contributed by atoms with E-state index in [4.69, 9.17) is 21.3 Å². The first kappa shape index (κ1) is 24.7. The zero-order valence-electron chi connectivity index (χ0n) is 22.3. The Morgan fingerprint density at radius 1 is 1.05 bits per heavy atom. The maximum Gasteiger partial charge on any atom is 0.410 e. The fourth-order valence-electron chi connectivity index (χ4n) is 5.96. The van der Waals surface area contributed by atoms with Gasteiger partial charge in [-0.15, -0.1) is 0 Å². The number of nitrogens with zero attached hydrogens (tertiary/aromatic N) is 2. The van der Waals surface area contributed by atoms with Gasteiger partial charge in [0.25, 0.3) is 0 Å². The van der Waals surface area contributed by atoms with Crippen molar-refractivity contribution in [2.45, 2.75) is 58.6 Å². The van der Waals surface area contributed by atoms with Crippen LogP contribution in [0, 0.1) is 6.92 Å². The van der Waals surface area contributed by atoms with Gasteiger partial charge in [0.15, 0.2) is 0 Å². The first-order valence-electron chi connectivity index (χ1n) is 13.3. The minimum absolute atomic E-state index is 0.123. The van der Waals surface area contributed by atoms with Gasteiger partial charge in [0.05, 0.1) is 17.9 Å². The highest BCUT2D eigenvalue weighted by Crippen LogP contribution is 2.48. The quantitative estimate of drug-likeness (QED) is 0.257. The van der Waals surface area contributed by atoms with Gasteiger partial charge >= 0.3 is 6.09 Å². The number of imidazole rings is 1. The molecule has 1 saturated heterocycles. The van der Waals surface area contributed by atoms with Gasteiger partial charge < -0.3 is 9.72 Å². The molecule has 38 heavy (non-hydrogen) atoms. The number of carbonyl (C=O) groups excluding carboxylic acids is 1. The van der Waals surface area contributed by atoms with E-state index in [0.717, 1.165) is 58.1 Å². The van der Waals surface area contributed by atoms with Crippen molar-refractivity contribution in [3.63, 3.8) is 0 Å². The van der Waals surface area contributed by atoms with Gasteiger partial charge in [-0.05, 0) is 86.4 Å². The molecule has 194 valence electrons. The molecule has 1 amide bonds. The Kier molecular flexibility index (Phi) is 6.07. The van der Waals surface area contributed by atoms with Crippen LogP contribution in [-0.4, -0.2) is 33.1 Å². The number of aromatic nitrogens is 2. The van der Waals surface area contributed by atoms with Crippen LogP contribution in [0.4, 0.5) is 4.79 Å². The number of nitrogens with one attached hydrogen (secondary N) is 1. The van der Waals surface area contributed by atoms with Crippen molar-refractivity contribution in [1.29, 1.82) is 0 Å². The van der Waals surface area contributed by atoms with Crippen molar-refractivity contribution >= 4 is 17.7 Å². The van der Waals surface area contributed by atoms with Crippen molar-refractivity contribution in [3.8, 4) is 33.5 Å². The SMILES string of the molecule is Cc1cc(Cl)c2c(c1-c1ccccc1-c1cnc(C3CCCN3C(=O)OC(C)(C)C)[nH]1)Cc1ccccc1-2. The highest BCUT2D eigenvalue weighted by Gasteiger charge is 2.35. The summed E-state index contributed by atoms with van der Waals surface area (Å²) in [4.78, 5) is 23.0. The van der Waals surface area contributed by atoms with E-state index in [-0.39, 0.29) is 12.1 Å². The van der Waals surface area contributed by atoms with E-state index in [1.807, 2.05) is 27.0 Å². The summed E-state index contributed by atoms with van der Waals surface area (Å²) in [5.74, 6) is 0.795. The van der Waals surface area contributed by atoms with Crippen molar-refractivity contribution in [1.82, 2.24) is 14.9 Å². The number of hydrogen-bond donors (Lipinski definition) is 1. The zero-order chi connectivity index (χ0) is 26.6. The number of hydrogen-bond acceptors (Lipinski definition) is 3. The molecule has 0 saturated carbocycles. The van der Waals surface area contributed by atoms with Gasteiger partial charge in [-0.1, -0.05) is 60.1 Å². The summed E-state index contributed by atoms with van der Waals surface area (Å²) < 4.78 is 5.67. The molecule has 0 bridgehead atoms. The topological polar surface area (TPSA) is 58.2 Å². The van der Waals surface area contributed by atoms with E-state index < -0.39 is 5.60 Å². The van der Waals surface area contributed by atoms with Crippen LogP contribution in [0.5, 0.6) is 0 Å². The summed E-state index contributed by atoms with van der Waals surface area (Å²) in [5.41, 5.74) is 9.95. The molecule has 6 rings (SSSR count). The molecule has 1 aromatic heterocycles. The summed E-state index contributed by atoms with van der Waals surface area (Å²) in [5, 5.41) is 0.802. The molecule has 1 atom stereocenters. The predicted molar refractivity (Wildman–Crippen MR) is 152 cm³/mol. The van der Waals surface area contributed by atoms with E-state index in [1.165, 1.54) is 22.3 Å². The van der Waals surface area contributed by atoms with Gasteiger partial charge in [0, 0.05) is 22.7 Å². The maximum atomic E-state index is 12.9. The first-order chi connectivity index (χ1) is 18.2. The maximum absolute atomic E-state index is 12.9. The standard InChI is InChI=1S/C32H32ClN3O2/c1-19-16-25(33)29-21-11-6-5-10-20(21)17-24(29)28(19)23-13-8-7-12-22(23)26-18-34-30(35-26)27-14-9-15-36(27)31(37)38-32(2,3)4/h5-8,10-13,16,18,27H,9,14-15,17H2,1-4H3,(H,34,35). The van der Waals surface area contributed by atoms with E-state index in [0.29, 0.717) is 6.54 Å². The Morgan fingerprint density at radius 3 is 2.53 bits per heavy atom. The molecule has 0 spiro atoms. The fourth-order valence-corrected chi connectivity index (χ4v) is 6.34. The average Bonchev–Trinajstić information content (AvgIpc) is 3.61. The Hall–Kier alpha value is -3.57. The number of ether oxygens (including phenoxy) is 1. The van der Waals surface area contributed by atoms with Gasteiger partial charge in [-0.25, -0.2) is 9.78 Å². The number of halogens is 1. The Bertz CT molecular complexity index is 1550. The number of likely N-dealkylation sites (tertiary alicyclic amines) is 1. The summed E-state index contributed by atoms with van der Waals surface area (Å²) >= 11 is 6.82. The summed E-state index contributed by atoms with van der Waals surface area (Å²) in [6.07, 6.45) is 4.24. The molecule has 2 heterocycles. The Morgan fingerprint density at radius 2 is 1.76 bits per heavy atom. The highest BCUT2D eigenvalue weighted by atomic mass is 35.5. The van der Waals surface area contributed by atoms with Crippen LogP contribution in [-0.2, 0) is 11.2 Å². The van der Waals surface area contributed by atoms with Crippen LogP contribution in [0.1, 0.15) is 62.2 Å². The van der Waals surface area contributed by atoms with E-state index in [9.17, 15) is 4.79 Å². The Labute approximate surface area is 228 Å². The van der Waals surface area contributed by atoms with E-state index in [1.54, 1.807) is 4.90 Å². The van der Waals surface area contributed by atoms with Crippen LogP contribution < -0.4 is 0 Å². The third kappa shape index (κ3) is 4.29. The highest BCUT2D eigenvalue weighted by molar-refractivity contribution is 6.34. The number of carbonyl (C=O) groups is 1. The van der Waals surface area contributed by atoms with Crippen LogP contribution in [0.25, 0.3) is 33.5 Å². The first-order valence-corrected chi connectivity index (χ1v) is 13.6. The lowest BCUT2D eigenvalue weighted by molar-refractivity contribution is 0.0218. The van der Waals surface area contributed by atoms with Gasteiger partial charge in [-0.2, -0.15) is 0 Å². The molecule has 4 aromatic rings. The molecule has 2 aliphatic rings. The minimum atomic E-state index is -0.534. The number of fused-ring (bicyclic) bond motifs is 3. The molecule has 1 fully saturated rings. The zero-order valence-corrected chi connectivity index (χ0v) is 23.0. The minimum Gasteiger partial charge on any atom is -0.444 e. The third-order valence-electron chi connectivity index (χ3n) is 7.51. The van der Waals surface area contributed by atoms with E-state index >= 15 is 0 Å². The number of amides is 1. The largest absolute Gasteiger partial charge is 0.444 e. The van der Waals surface area contributed by atoms with Crippen LogP contribution in [0.15, 0.2) is 60.8 Å². The van der Waals surface area contributed by atoms with Gasteiger partial charge in [0.2, 0.25) is 0 Å². The lowest BCUT2D eigenvalue weighted by Crippen LogP contribution is -2.36. The smallest absolute Gasteiger partial charge is 0.410 e. The summed E-state index contributed by atoms with van der Waals surface area (Å²) in [6.45, 7) is 8.49. The molecule has 1 aliphatic heterocycles. The summed E-state index contributed by atoms with van der Waals surface area (Å²) in [6, 6.07) is 18.9. The molecule has 1 N–H and O–H groups in total. The average molecular weight is 526 g/mol. The molecule has 1 unspecified atom stereocenters. The normalized spacial score (nSPS) is 16.4. The second-order valence-electron chi connectivity index (χ2n) is 11.3. The van der Waals surface area contributed by atoms with Crippen molar-refractivity contribution in [2.24, 2.45) is 0 Å². The predicted octanol–water partition coefficient (Wildman–Crippen LogP) is 8.35. The second-order valence-corrected chi connectivity index (χ2v) is 11.7. The molecule has 3 aromatic carbocycles. The number of rotatable bonds is 3. The molecular formula is C32H32ClN3O2.